The van der Waals surface area contributed by atoms with Crippen LogP contribution in [0.4, 0.5) is 18.9 Å². The number of halogens is 3. The van der Waals surface area contributed by atoms with E-state index in [1.165, 1.54) is 12.1 Å². The second-order valence-electron chi connectivity index (χ2n) is 6.10. The molecule has 7 heteroatoms. The predicted octanol–water partition coefficient (Wildman–Crippen LogP) is 5.75. The number of nitrogens with one attached hydrogen (secondary N) is 1. The minimum atomic E-state index is -4.44. The van der Waals surface area contributed by atoms with Crippen molar-refractivity contribution < 1.29 is 18.0 Å². The van der Waals surface area contributed by atoms with Crippen molar-refractivity contribution in [3.8, 4) is 0 Å². The standard InChI is InChI=1S/C21H13F3N2OS/c22-21(23,24)15-8-4-9-16(12-15)25-20-26-19(27)18(28-20)11-14-7-3-6-13-5-1-2-10-17(13)14/h1-12H,(H,25,26,27). The minimum Gasteiger partial charge on any atom is -0.300 e. The lowest BCUT2D eigenvalue weighted by Crippen LogP contribution is -2.19. The van der Waals surface area contributed by atoms with Crippen LogP contribution < -0.4 is 5.32 Å². The quantitative estimate of drug-likeness (QED) is 0.559. The molecule has 1 N–H and O–H groups in total. The number of aliphatic imine (C=N–C) groups is 1. The van der Waals surface area contributed by atoms with Gasteiger partial charge in [0.1, 0.15) is 0 Å². The molecule has 0 spiro atoms. The summed E-state index contributed by atoms with van der Waals surface area (Å²) in [5.74, 6) is -0.330. The molecule has 0 saturated carbocycles. The molecule has 3 aromatic carbocycles. The van der Waals surface area contributed by atoms with Gasteiger partial charge in [-0.3, -0.25) is 4.79 Å². The summed E-state index contributed by atoms with van der Waals surface area (Å²) in [4.78, 5) is 16.9. The van der Waals surface area contributed by atoms with Crippen molar-refractivity contribution in [2.45, 2.75) is 6.18 Å². The Hall–Kier alpha value is -3.06. The number of hydrogen-bond acceptors (Lipinski definition) is 3. The van der Waals surface area contributed by atoms with Gasteiger partial charge in [0.25, 0.3) is 5.91 Å². The van der Waals surface area contributed by atoms with Crippen molar-refractivity contribution >= 4 is 45.4 Å². The molecule has 140 valence electrons. The highest BCUT2D eigenvalue weighted by Gasteiger charge is 2.30. The van der Waals surface area contributed by atoms with Crippen LogP contribution in [0.15, 0.2) is 76.6 Å². The molecule has 4 rings (SSSR count). The van der Waals surface area contributed by atoms with Crippen LogP contribution in [0.1, 0.15) is 11.1 Å². The number of thioether (sulfide) groups is 1. The fourth-order valence-corrected chi connectivity index (χ4v) is 3.70. The number of nitrogens with zero attached hydrogens (tertiary/aromatic N) is 1. The van der Waals surface area contributed by atoms with E-state index in [0.717, 1.165) is 40.2 Å². The lowest BCUT2D eigenvalue weighted by molar-refractivity contribution is -0.137. The first-order valence-electron chi connectivity index (χ1n) is 8.35. The van der Waals surface area contributed by atoms with E-state index in [-0.39, 0.29) is 16.8 Å². The maximum absolute atomic E-state index is 12.8. The third-order valence-electron chi connectivity index (χ3n) is 4.16. The van der Waals surface area contributed by atoms with Crippen molar-refractivity contribution in [1.82, 2.24) is 5.32 Å². The molecule has 28 heavy (non-hydrogen) atoms. The lowest BCUT2D eigenvalue weighted by atomic mass is 10.0. The summed E-state index contributed by atoms with van der Waals surface area (Å²) in [5.41, 5.74) is 0.232. The first-order valence-corrected chi connectivity index (χ1v) is 9.16. The average Bonchev–Trinajstić information content (AvgIpc) is 3.00. The summed E-state index contributed by atoms with van der Waals surface area (Å²) in [6.07, 6.45) is -2.68. The van der Waals surface area contributed by atoms with Gasteiger partial charge in [-0.25, -0.2) is 4.99 Å². The minimum absolute atomic E-state index is 0.129. The maximum Gasteiger partial charge on any atom is 0.416 e. The SMILES string of the molecule is O=C1NC(=Nc2cccc(C(F)(F)F)c2)SC1=Cc1cccc2ccccc12. The summed E-state index contributed by atoms with van der Waals surface area (Å²) in [5, 5.41) is 4.91. The van der Waals surface area contributed by atoms with Gasteiger partial charge < -0.3 is 5.32 Å². The largest absolute Gasteiger partial charge is 0.416 e. The zero-order valence-electron chi connectivity index (χ0n) is 14.3. The molecule has 1 aliphatic rings. The Morgan fingerprint density at radius 2 is 1.71 bits per heavy atom. The van der Waals surface area contributed by atoms with Crippen LogP contribution in [-0.2, 0) is 11.0 Å². The first kappa shape index (κ1) is 18.3. The third-order valence-corrected chi connectivity index (χ3v) is 5.07. The molecule has 3 nitrogen and oxygen atoms in total. The van der Waals surface area contributed by atoms with Crippen LogP contribution in [0.3, 0.4) is 0 Å². The molecule has 1 amide bonds. The normalized spacial score (nSPS) is 17.5. The monoisotopic (exact) mass is 398 g/mol. The Morgan fingerprint density at radius 3 is 2.54 bits per heavy atom. The van der Waals surface area contributed by atoms with Gasteiger partial charge >= 0.3 is 6.18 Å². The number of alkyl halides is 3. The smallest absolute Gasteiger partial charge is 0.300 e. The molecular formula is C21H13F3N2OS. The Labute approximate surface area is 163 Å². The van der Waals surface area contributed by atoms with E-state index in [1.54, 1.807) is 6.08 Å². The average molecular weight is 398 g/mol. The van der Waals surface area contributed by atoms with Crippen LogP contribution in [0.5, 0.6) is 0 Å². The van der Waals surface area contributed by atoms with Gasteiger partial charge in [-0.15, -0.1) is 0 Å². The summed E-state index contributed by atoms with van der Waals surface area (Å²) < 4.78 is 38.5. The van der Waals surface area contributed by atoms with Crippen LogP contribution in [0.2, 0.25) is 0 Å². The first-order chi connectivity index (χ1) is 13.4. The molecule has 0 radical (unpaired) electrons. The lowest BCUT2D eigenvalue weighted by Gasteiger charge is -2.06. The fraction of sp³-hybridized carbons (Fsp3) is 0.0476. The number of hydrogen-bond donors (Lipinski definition) is 1. The molecular weight excluding hydrogens is 385 g/mol. The van der Waals surface area contributed by atoms with E-state index in [9.17, 15) is 18.0 Å². The van der Waals surface area contributed by atoms with E-state index < -0.39 is 11.7 Å². The number of rotatable bonds is 2. The van der Waals surface area contributed by atoms with Gasteiger partial charge in [-0.05, 0) is 52.4 Å². The van der Waals surface area contributed by atoms with Gasteiger partial charge in [-0.1, -0.05) is 48.5 Å². The van der Waals surface area contributed by atoms with E-state index in [4.69, 9.17) is 0 Å². The van der Waals surface area contributed by atoms with Gasteiger partial charge in [0, 0.05) is 0 Å². The van der Waals surface area contributed by atoms with Crippen molar-refractivity contribution in [3.63, 3.8) is 0 Å². The van der Waals surface area contributed by atoms with Gasteiger partial charge in [-0.2, -0.15) is 13.2 Å². The summed E-state index contributed by atoms with van der Waals surface area (Å²) in [7, 11) is 0. The third kappa shape index (κ3) is 3.80. The Morgan fingerprint density at radius 1 is 0.964 bits per heavy atom. The van der Waals surface area contributed by atoms with E-state index in [1.807, 2.05) is 42.5 Å². The molecule has 0 bridgehead atoms. The Balaban J connectivity index is 1.64. The fourth-order valence-electron chi connectivity index (χ4n) is 2.87. The number of fused-ring (bicyclic) bond motifs is 1. The molecule has 0 aliphatic carbocycles. The molecule has 0 aromatic heterocycles. The molecule has 1 fully saturated rings. The number of carbonyl (C=O) groups is 1. The summed E-state index contributed by atoms with van der Waals surface area (Å²) in [6.45, 7) is 0. The number of amides is 1. The topological polar surface area (TPSA) is 41.5 Å². The summed E-state index contributed by atoms with van der Waals surface area (Å²) in [6, 6.07) is 18.3. The zero-order valence-corrected chi connectivity index (χ0v) is 15.1. The molecule has 1 aliphatic heterocycles. The molecule has 1 heterocycles. The number of amidine groups is 1. The van der Waals surface area contributed by atoms with E-state index in [2.05, 4.69) is 10.3 Å². The van der Waals surface area contributed by atoms with E-state index in [0.29, 0.717) is 4.91 Å². The highest BCUT2D eigenvalue weighted by molar-refractivity contribution is 8.18. The Kier molecular flexibility index (Phi) is 4.68. The van der Waals surface area contributed by atoms with Crippen molar-refractivity contribution in [2.75, 3.05) is 0 Å². The highest BCUT2D eigenvalue weighted by atomic mass is 32.2. The van der Waals surface area contributed by atoms with E-state index >= 15 is 0 Å². The second kappa shape index (κ2) is 7.16. The molecule has 3 aromatic rings. The van der Waals surface area contributed by atoms with Crippen molar-refractivity contribution in [1.29, 1.82) is 0 Å². The molecule has 1 saturated heterocycles. The second-order valence-corrected chi connectivity index (χ2v) is 7.13. The van der Waals surface area contributed by atoms with Crippen LogP contribution in [0.25, 0.3) is 16.8 Å². The number of carbonyl (C=O) groups excluding carboxylic acids is 1. The van der Waals surface area contributed by atoms with Crippen LogP contribution >= 0.6 is 11.8 Å². The van der Waals surface area contributed by atoms with Gasteiger partial charge in [0.15, 0.2) is 5.17 Å². The maximum atomic E-state index is 12.8. The zero-order chi connectivity index (χ0) is 19.7. The number of benzene rings is 3. The van der Waals surface area contributed by atoms with Crippen LogP contribution in [0, 0.1) is 0 Å². The Bertz CT molecular complexity index is 1130. The predicted molar refractivity (Wildman–Crippen MR) is 106 cm³/mol. The highest BCUT2D eigenvalue weighted by Crippen LogP contribution is 2.33. The summed E-state index contributed by atoms with van der Waals surface area (Å²) >= 11 is 1.10. The van der Waals surface area contributed by atoms with Crippen LogP contribution in [-0.4, -0.2) is 11.1 Å². The molecule has 0 unspecified atom stereocenters. The van der Waals surface area contributed by atoms with Crippen molar-refractivity contribution in [2.24, 2.45) is 4.99 Å². The molecule has 0 atom stereocenters. The van der Waals surface area contributed by atoms with Gasteiger partial charge in [0.2, 0.25) is 0 Å². The van der Waals surface area contributed by atoms with Gasteiger partial charge in [0.05, 0.1) is 16.2 Å². The van der Waals surface area contributed by atoms with Crippen molar-refractivity contribution in [3.05, 3.63) is 82.8 Å².